The highest BCUT2D eigenvalue weighted by Crippen LogP contribution is 2.23. The molecule has 0 spiro atoms. The molecule has 0 saturated heterocycles. The number of halogens is 2. The van der Waals surface area contributed by atoms with Crippen molar-refractivity contribution < 1.29 is 0 Å². The summed E-state index contributed by atoms with van der Waals surface area (Å²) < 4.78 is 0. The van der Waals surface area contributed by atoms with Gasteiger partial charge in [0.15, 0.2) is 0 Å². The number of rotatable bonds is 7. The van der Waals surface area contributed by atoms with Crippen LogP contribution in [0, 0.1) is 0 Å². The van der Waals surface area contributed by atoms with E-state index in [1.165, 1.54) is 47.9 Å². The zero-order valence-corrected chi connectivity index (χ0v) is 20.7. The number of hydrogen-bond acceptors (Lipinski definition) is 2. The number of aryl methyl sites for hydroxylation is 1. The third-order valence-electron chi connectivity index (χ3n) is 6.15. The van der Waals surface area contributed by atoms with Crippen LogP contribution in [0.5, 0.6) is 0 Å². The molecule has 2 atom stereocenters. The molecule has 0 bridgehead atoms. The molecule has 168 valence electrons. The molecule has 0 radical (unpaired) electrons. The molecule has 2 N–H and O–H groups in total. The number of hydrogen-bond donors (Lipinski definition) is 2. The van der Waals surface area contributed by atoms with E-state index in [1.54, 1.807) is 0 Å². The van der Waals surface area contributed by atoms with Gasteiger partial charge in [-0.05, 0) is 46.9 Å². The average Bonchev–Trinajstić information content (AvgIpc) is 2.71. The van der Waals surface area contributed by atoms with E-state index in [4.69, 9.17) is 0 Å². The van der Waals surface area contributed by atoms with Crippen LogP contribution >= 0.6 is 24.8 Å². The predicted octanol–water partition coefficient (Wildman–Crippen LogP) is 6.58. The maximum absolute atomic E-state index is 3.84. The summed E-state index contributed by atoms with van der Waals surface area (Å²) in [5, 5.41) is 7.67. The second-order valence-electron chi connectivity index (χ2n) is 9.38. The fourth-order valence-electron chi connectivity index (χ4n) is 4.13. The summed E-state index contributed by atoms with van der Waals surface area (Å²) in [5.41, 5.74) is 5.81. The highest BCUT2D eigenvalue weighted by atomic mass is 35.5. The molecule has 0 amide bonds. The Kier molecular flexibility index (Phi) is 11.4. The molecule has 4 heteroatoms. The Labute approximate surface area is 196 Å². The van der Waals surface area contributed by atoms with E-state index in [-0.39, 0.29) is 30.2 Å². The SMILES string of the molecule is CCc1ccc(CNC2CCCCC2NCc2ccc(C(C)(C)C)cc2)cc1.Cl.Cl. The molecule has 0 aromatic heterocycles. The second-order valence-corrected chi connectivity index (χ2v) is 9.38. The Morgan fingerprint density at radius 1 is 0.700 bits per heavy atom. The maximum atomic E-state index is 3.84. The number of benzene rings is 2. The van der Waals surface area contributed by atoms with Gasteiger partial charge in [0.1, 0.15) is 0 Å². The molecule has 30 heavy (non-hydrogen) atoms. The molecule has 0 aliphatic heterocycles. The van der Waals surface area contributed by atoms with Crippen molar-refractivity contribution in [3.05, 3.63) is 70.8 Å². The fraction of sp³-hybridized carbons (Fsp3) is 0.538. The molecule has 3 rings (SSSR count). The third-order valence-corrected chi connectivity index (χ3v) is 6.15. The minimum Gasteiger partial charge on any atom is -0.308 e. The van der Waals surface area contributed by atoms with E-state index >= 15 is 0 Å². The van der Waals surface area contributed by atoms with Gasteiger partial charge >= 0.3 is 0 Å². The normalized spacial score (nSPS) is 18.9. The Balaban J connectivity index is 0.00000225. The Bertz CT molecular complexity index is 720. The van der Waals surface area contributed by atoms with Crippen LogP contribution in [0.15, 0.2) is 48.5 Å². The van der Waals surface area contributed by atoms with Crippen molar-refractivity contribution in [2.24, 2.45) is 0 Å². The molecule has 2 unspecified atom stereocenters. The van der Waals surface area contributed by atoms with Crippen LogP contribution in [-0.4, -0.2) is 12.1 Å². The minimum atomic E-state index is 0. The van der Waals surface area contributed by atoms with Crippen molar-refractivity contribution in [1.29, 1.82) is 0 Å². The van der Waals surface area contributed by atoms with Crippen LogP contribution in [0.25, 0.3) is 0 Å². The van der Waals surface area contributed by atoms with Crippen LogP contribution in [0.3, 0.4) is 0 Å². The van der Waals surface area contributed by atoms with Crippen LogP contribution in [0.2, 0.25) is 0 Å². The van der Waals surface area contributed by atoms with Crippen molar-refractivity contribution in [1.82, 2.24) is 10.6 Å². The predicted molar refractivity (Wildman–Crippen MR) is 135 cm³/mol. The lowest BCUT2D eigenvalue weighted by Gasteiger charge is -2.33. The van der Waals surface area contributed by atoms with E-state index in [2.05, 4.69) is 86.9 Å². The van der Waals surface area contributed by atoms with Gasteiger partial charge in [-0.25, -0.2) is 0 Å². The van der Waals surface area contributed by atoms with Crippen molar-refractivity contribution in [3.8, 4) is 0 Å². The topological polar surface area (TPSA) is 24.1 Å². The van der Waals surface area contributed by atoms with Crippen LogP contribution in [-0.2, 0) is 24.9 Å². The van der Waals surface area contributed by atoms with Gasteiger partial charge in [0, 0.05) is 25.2 Å². The van der Waals surface area contributed by atoms with Gasteiger partial charge in [-0.3, -0.25) is 0 Å². The molecule has 2 aromatic carbocycles. The fourth-order valence-corrected chi connectivity index (χ4v) is 4.13. The maximum Gasteiger partial charge on any atom is 0.0224 e. The van der Waals surface area contributed by atoms with Crippen LogP contribution in [0.4, 0.5) is 0 Å². The summed E-state index contributed by atoms with van der Waals surface area (Å²) in [5.74, 6) is 0. The molecular weight excluding hydrogens is 411 g/mol. The Morgan fingerprint density at radius 2 is 1.10 bits per heavy atom. The summed E-state index contributed by atoms with van der Waals surface area (Å²) in [6, 6.07) is 19.3. The summed E-state index contributed by atoms with van der Waals surface area (Å²) in [6.45, 7) is 10.9. The van der Waals surface area contributed by atoms with Crippen molar-refractivity contribution >= 4 is 24.8 Å². The van der Waals surface area contributed by atoms with Gasteiger partial charge in [-0.1, -0.05) is 89.1 Å². The molecule has 0 heterocycles. The first kappa shape index (κ1) is 27.0. The van der Waals surface area contributed by atoms with E-state index in [1.807, 2.05) is 0 Å². The first-order valence-electron chi connectivity index (χ1n) is 11.1. The molecule has 1 aliphatic carbocycles. The molecular formula is C26H40Cl2N2. The van der Waals surface area contributed by atoms with Crippen molar-refractivity contribution in [3.63, 3.8) is 0 Å². The summed E-state index contributed by atoms with van der Waals surface area (Å²) in [6.07, 6.45) is 6.33. The van der Waals surface area contributed by atoms with Gasteiger partial charge in [0.2, 0.25) is 0 Å². The van der Waals surface area contributed by atoms with Gasteiger partial charge in [-0.15, -0.1) is 24.8 Å². The first-order chi connectivity index (χ1) is 13.5. The standard InChI is InChI=1S/C26H38N2.2ClH/c1-5-20-10-12-21(13-11-20)18-27-24-8-6-7-9-25(24)28-19-22-14-16-23(17-15-22)26(2,3)4;;/h10-17,24-25,27-28H,5-9,18-19H2,1-4H3;2*1H. The van der Waals surface area contributed by atoms with Crippen LogP contribution in [0.1, 0.15) is 75.6 Å². The highest BCUT2D eigenvalue weighted by molar-refractivity contribution is 5.85. The van der Waals surface area contributed by atoms with Gasteiger partial charge < -0.3 is 10.6 Å². The third kappa shape index (κ3) is 7.89. The molecule has 1 saturated carbocycles. The lowest BCUT2D eigenvalue weighted by atomic mass is 9.86. The van der Waals surface area contributed by atoms with E-state index in [9.17, 15) is 0 Å². The van der Waals surface area contributed by atoms with Gasteiger partial charge in [-0.2, -0.15) is 0 Å². The van der Waals surface area contributed by atoms with Crippen molar-refractivity contribution in [2.75, 3.05) is 0 Å². The largest absolute Gasteiger partial charge is 0.308 e. The smallest absolute Gasteiger partial charge is 0.0224 e. The molecule has 2 nitrogen and oxygen atoms in total. The van der Waals surface area contributed by atoms with Crippen LogP contribution < -0.4 is 10.6 Å². The summed E-state index contributed by atoms with van der Waals surface area (Å²) in [7, 11) is 0. The Morgan fingerprint density at radius 3 is 1.50 bits per heavy atom. The summed E-state index contributed by atoms with van der Waals surface area (Å²) in [4.78, 5) is 0. The zero-order chi connectivity index (χ0) is 20.0. The number of nitrogens with one attached hydrogen (secondary N) is 2. The molecule has 1 fully saturated rings. The quantitative estimate of drug-likeness (QED) is 0.497. The monoisotopic (exact) mass is 450 g/mol. The van der Waals surface area contributed by atoms with Crippen molar-refractivity contribution in [2.45, 2.75) is 90.4 Å². The van der Waals surface area contributed by atoms with Gasteiger partial charge in [0.05, 0.1) is 0 Å². The zero-order valence-electron chi connectivity index (χ0n) is 19.0. The van der Waals surface area contributed by atoms with E-state index in [0.29, 0.717) is 12.1 Å². The van der Waals surface area contributed by atoms with E-state index < -0.39 is 0 Å². The first-order valence-corrected chi connectivity index (χ1v) is 11.1. The minimum absolute atomic E-state index is 0. The molecule has 1 aliphatic rings. The average molecular weight is 452 g/mol. The summed E-state index contributed by atoms with van der Waals surface area (Å²) >= 11 is 0. The Hall–Kier alpha value is -1.06. The molecule has 2 aromatic rings. The lowest BCUT2D eigenvalue weighted by Crippen LogP contribution is -2.49. The van der Waals surface area contributed by atoms with Gasteiger partial charge in [0.25, 0.3) is 0 Å². The second kappa shape index (κ2) is 12.7. The lowest BCUT2D eigenvalue weighted by molar-refractivity contribution is 0.281. The highest BCUT2D eigenvalue weighted by Gasteiger charge is 2.24. The van der Waals surface area contributed by atoms with E-state index in [0.717, 1.165) is 19.5 Å².